The first-order chi connectivity index (χ1) is 14.2. The molecule has 0 aliphatic carbocycles. The predicted octanol–water partition coefficient (Wildman–Crippen LogP) is 4.53. The van der Waals surface area contributed by atoms with Crippen molar-refractivity contribution in [3.63, 3.8) is 0 Å². The summed E-state index contributed by atoms with van der Waals surface area (Å²) in [5.41, 5.74) is 4.81. The summed E-state index contributed by atoms with van der Waals surface area (Å²) in [6, 6.07) is 19.4. The highest BCUT2D eigenvalue weighted by molar-refractivity contribution is 5.92. The molecule has 0 saturated carbocycles. The van der Waals surface area contributed by atoms with Gasteiger partial charge in [0.15, 0.2) is 0 Å². The maximum atomic E-state index is 13.3. The van der Waals surface area contributed by atoms with Crippen LogP contribution in [-0.4, -0.2) is 21.1 Å². The van der Waals surface area contributed by atoms with Crippen LogP contribution in [0.15, 0.2) is 85.3 Å². The molecule has 0 aliphatic heterocycles. The summed E-state index contributed by atoms with van der Waals surface area (Å²) in [6.45, 7) is 0. The number of rotatable bonds is 5. The van der Waals surface area contributed by atoms with Crippen molar-refractivity contribution in [2.24, 2.45) is 0 Å². The zero-order chi connectivity index (χ0) is 20.1. The third-order valence-electron chi connectivity index (χ3n) is 4.40. The minimum Gasteiger partial charge on any atom is -0.324 e. The van der Waals surface area contributed by atoms with E-state index in [2.05, 4.69) is 20.5 Å². The van der Waals surface area contributed by atoms with Crippen LogP contribution in [0.1, 0.15) is 5.56 Å². The molecule has 6 heteroatoms. The highest BCUT2D eigenvalue weighted by Crippen LogP contribution is 2.20. The van der Waals surface area contributed by atoms with Crippen LogP contribution in [0.25, 0.3) is 22.4 Å². The molecular weight excluding hydrogens is 367 g/mol. The lowest BCUT2D eigenvalue weighted by Crippen LogP contribution is -2.14. The van der Waals surface area contributed by atoms with Gasteiger partial charge in [-0.1, -0.05) is 36.4 Å². The Labute approximate surface area is 167 Å². The van der Waals surface area contributed by atoms with E-state index in [0.717, 1.165) is 16.7 Å². The van der Waals surface area contributed by atoms with Crippen LogP contribution in [0.5, 0.6) is 0 Å². The standard InChI is InChI=1S/C23H17FN4O/c24-20-3-1-2-18(13-20)22-9-8-21(15-25-22)28-23(29)12-16-4-6-17(7-5-16)19-10-11-26-27-14-19/h1-11,13-15H,12H2,(H,28,29). The fourth-order valence-corrected chi connectivity index (χ4v) is 2.95. The van der Waals surface area contributed by atoms with E-state index in [0.29, 0.717) is 16.9 Å². The molecule has 2 aromatic heterocycles. The monoisotopic (exact) mass is 384 g/mol. The molecule has 4 aromatic rings. The fourth-order valence-electron chi connectivity index (χ4n) is 2.95. The molecule has 2 heterocycles. The first-order valence-electron chi connectivity index (χ1n) is 9.05. The first-order valence-corrected chi connectivity index (χ1v) is 9.05. The van der Waals surface area contributed by atoms with Gasteiger partial charge in [-0.05, 0) is 41.5 Å². The molecule has 0 unspecified atom stereocenters. The van der Waals surface area contributed by atoms with Crippen LogP contribution >= 0.6 is 0 Å². The Balaban J connectivity index is 1.38. The number of hydrogen-bond acceptors (Lipinski definition) is 4. The van der Waals surface area contributed by atoms with Crippen LogP contribution in [0.3, 0.4) is 0 Å². The molecule has 0 atom stereocenters. The smallest absolute Gasteiger partial charge is 0.228 e. The van der Waals surface area contributed by atoms with Gasteiger partial charge in [-0.25, -0.2) is 4.39 Å². The van der Waals surface area contributed by atoms with E-state index < -0.39 is 0 Å². The number of hydrogen-bond donors (Lipinski definition) is 1. The SMILES string of the molecule is O=C(Cc1ccc(-c2ccnnc2)cc1)Nc1ccc(-c2cccc(F)c2)nc1. The number of carbonyl (C=O) groups is 1. The van der Waals surface area contributed by atoms with E-state index in [9.17, 15) is 9.18 Å². The summed E-state index contributed by atoms with van der Waals surface area (Å²) in [7, 11) is 0. The summed E-state index contributed by atoms with van der Waals surface area (Å²) in [6.07, 6.45) is 5.16. The Morgan fingerprint density at radius 2 is 1.72 bits per heavy atom. The summed E-state index contributed by atoms with van der Waals surface area (Å²) < 4.78 is 13.3. The Hall–Kier alpha value is -3.93. The Morgan fingerprint density at radius 3 is 2.41 bits per heavy atom. The van der Waals surface area contributed by atoms with Crippen molar-refractivity contribution in [2.75, 3.05) is 5.32 Å². The molecule has 2 aromatic carbocycles. The predicted molar refractivity (Wildman–Crippen MR) is 109 cm³/mol. The second kappa shape index (κ2) is 8.39. The molecule has 4 rings (SSSR count). The average molecular weight is 384 g/mol. The second-order valence-corrected chi connectivity index (χ2v) is 6.50. The fraction of sp³-hybridized carbons (Fsp3) is 0.0435. The minimum atomic E-state index is -0.312. The van der Waals surface area contributed by atoms with E-state index in [1.54, 1.807) is 42.9 Å². The molecule has 0 aliphatic rings. The van der Waals surface area contributed by atoms with Crippen molar-refractivity contribution in [3.05, 3.63) is 96.7 Å². The third-order valence-corrected chi connectivity index (χ3v) is 4.40. The zero-order valence-corrected chi connectivity index (χ0v) is 15.4. The van der Waals surface area contributed by atoms with Crippen LogP contribution in [0.4, 0.5) is 10.1 Å². The highest BCUT2D eigenvalue weighted by Gasteiger charge is 2.07. The molecule has 0 saturated heterocycles. The number of nitrogens with zero attached hydrogens (tertiary/aromatic N) is 3. The van der Waals surface area contributed by atoms with Crippen molar-refractivity contribution in [1.82, 2.24) is 15.2 Å². The minimum absolute atomic E-state index is 0.136. The Kier molecular flexibility index (Phi) is 5.33. The van der Waals surface area contributed by atoms with Gasteiger partial charge in [0.25, 0.3) is 0 Å². The van der Waals surface area contributed by atoms with Gasteiger partial charge in [0, 0.05) is 11.1 Å². The molecule has 0 radical (unpaired) electrons. The quantitative estimate of drug-likeness (QED) is 0.549. The highest BCUT2D eigenvalue weighted by atomic mass is 19.1. The normalized spacial score (nSPS) is 10.5. The maximum absolute atomic E-state index is 13.3. The van der Waals surface area contributed by atoms with Gasteiger partial charge >= 0.3 is 0 Å². The van der Waals surface area contributed by atoms with E-state index in [4.69, 9.17) is 0 Å². The average Bonchev–Trinajstić information content (AvgIpc) is 2.75. The number of halogens is 1. The van der Waals surface area contributed by atoms with Gasteiger partial charge in [0.1, 0.15) is 5.82 Å². The lowest BCUT2D eigenvalue weighted by Gasteiger charge is -2.07. The molecule has 5 nitrogen and oxygen atoms in total. The van der Waals surface area contributed by atoms with E-state index >= 15 is 0 Å². The number of carbonyl (C=O) groups excluding carboxylic acids is 1. The molecule has 29 heavy (non-hydrogen) atoms. The lowest BCUT2D eigenvalue weighted by atomic mass is 10.0. The number of amides is 1. The Bertz CT molecular complexity index is 1110. The van der Waals surface area contributed by atoms with Crippen molar-refractivity contribution >= 4 is 11.6 Å². The molecule has 142 valence electrons. The lowest BCUT2D eigenvalue weighted by molar-refractivity contribution is -0.115. The van der Waals surface area contributed by atoms with Crippen molar-refractivity contribution in [3.8, 4) is 22.4 Å². The third kappa shape index (κ3) is 4.68. The zero-order valence-electron chi connectivity index (χ0n) is 15.4. The van der Waals surface area contributed by atoms with Gasteiger partial charge in [-0.15, -0.1) is 0 Å². The van der Waals surface area contributed by atoms with Crippen molar-refractivity contribution < 1.29 is 9.18 Å². The second-order valence-electron chi connectivity index (χ2n) is 6.50. The van der Waals surface area contributed by atoms with Gasteiger partial charge in [-0.3, -0.25) is 9.78 Å². The summed E-state index contributed by atoms with van der Waals surface area (Å²) in [4.78, 5) is 16.6. The summed E-state index contributed by atoms with van der Waals surface area (Å²) >= 11 is 0. The van der Waals surface area contributed by atoms with Crippen molar-refractivity contribution in [1.29, 1.82) is 0 Å². The molecule has 1 N–H and O–H groups in total. The number of aromatic nitrogens is 3. The van der Waals surface area contributed by atoms with E-state index in [1.165, 1.54) is 12.1 Å². The Morgan fingerprint density at radius 1 is 0.862 bits per heavy atom. The topological polar surface area (TPSA) is 67.8 Å². The van der Waals surface area contributed by atoms with Crippen LogP contribution < -0.4 is 5.32 Å². The molecule has 0 spiro atoms. The largest absolute Gasteiger partial charge is 0.324 e. The molecule has 0 bridgehead atoms. The number of anilines is 1. The van der Waals surface area contributed by atoms with Crippen molar-refractivity contribution in [2.45, 2.75) is 6.42 Å². The van der Waals surface area contributed by atoms with Gasteiger partial charge in [-0.2, -0.15) is 10.2 Å². The number of pyridine rings is 1. The van der Waals surface area contributed by atoms with Gasteiger partial charge in [0.05, 0.1) is 36.4 Å². The first kappa shape index (κ1) is 18.4. The molecular formula is C23H17FN4O. The van der Waals surface area contributed by atoms with Gasteiger partial charge < -0.3 is 5.32 Å². The van der Waals surface area contributed by atoms with Gasteiger partial charge in [0.2, 0.25) is 5.91 Å². The molecule has 1 amide bonds. The van der Waals surface area contributed by atoms with Crippen LogP contribution in [-0.2, 0) is 11.2 Å². The molecule has 0 fully saturated rings. The van der Waals surface area contributed by atoms with Crippen LogP contribution in [0, 0.1) is 5.82 Å². The summed E-state index contributed by atoms with van der Waals surface area (Å²) in [5.74, 6) is -0.448. The number of benzene rings is 2. The number of nitrogens with one attached hydrogen (secondary N) is 1. The maximum Gasteiger partial charge on any atom is 0.228 e. The van der Waals surface area contributed by atoms with E-state index in [1.807, 2.05) is 30.3 Å². The van der Waals surface area contributed by atoms with Crippen LogP contribution in [0.2, 0.25) is 0 Å². The van der Waals surface area contributed by atoms with E-state index in [-0.39, 0.29) is 18.1 Å². The summed E-state index contributed by atoms with van der Waals surface area (Å²) in [5, 5.41) is 10.5.